The van der Waals surface area contributed by atoms with Gasteiger partial charge >= 0.3 is 0 Å². The molecule has 0 unspecified atom stereocenters. The number of benzene rings is 3. The van der Waals surface area contributed by atoms with Crippen molar-refractivity contribution in [3.05, 3.63) is 95.1 Å². The highest BCUT2D eigenvalue weighted by atomic mass is 32.2. The summed E-state index contributed by atoms with van der Waals surface area (Å²) in [5, 5.41) is 14.3. The van der Waals surface area contributed by atoms with E-state index in [-0.39, 0.29) is 46.6 Å². The first kappa shape index (κ1) is 30.4. The van der Waals surface area contributed by atoms with Crippen molar-refractivity contribution in [2.75, 3.05) is 16.3 Å². The van der Waals surface area contributed by atoms with E-state index in [0.29, 0.717) is 17.5 Å². The zero-order chi connectivity index (χ0) is 31.0. The lowest BCUT2D eigenvalue weighted by molar-refractivity contribution is -0.132. The molecule has 226 valence electrons. The molecule has 0 bridgehead atoms. The quantitative estimate of drug-likeness (QED) is 0.238. The third-order valence-corrected chi connectivity index (χ3v) is 9.11. The van der Waals surface area contributed by atoms with Crippen molar-refractivity contribution >= 4 is 48.8 Å². The Kier molecular flexibility index (Phi) is 8.18. The Morgan fingerprint density at radius 3 is 2.44 bits per heavy atom. The van der Waals surface area contributed by atoms with Gasteiger partial charge in [-0.2, -0.15) is 13.9 Å². The number of carbonyl (C=O) groups is 1. The molecule has 2 aliphatic rings. The Morgan fingerprint density at radius 1 is 1.05 bits per heavy atom. The van der Waals surface area contributed by atoms with Crippen LogP contribution in [0.15, 0.2) is 87.7 Å². The molecule has 11 nitrogen and oxygen atoms in total. The molecule has 0 aromatic heterocycles. The van der Waals surface area contributed by atoms with E-state index in [0.717, 1.165) is 17.9 Å². The molecular formula is C30H32N4O7S2. The number of nitrogens with zero attached hydrogens (tertiary/aromatic N) is 1. The summed E-state index contributed by atoms with van der Waals surface area (Å²) in [7, 11) is -8.08. The molecule has 4 N–H and O–H groups in total. The van der Waals surface area contributed by atoms with E-state index in [4.69, 9.17) is 4.84 Å². The summed E-state index contributed by atoms with van der Waals surface area (Å²) >= 11 is 0. The molecule has 1 aliphatic heterocycles. The minimum Gasteiger partial charge on any atom is -0.506 e. The summed E-state index contributed by atoms with van der Waals surface area (Å²) in [5.74, 6) is -1.18. The second kappa shape index (κ2) is 11.6. The monoisotopic (exact) mass is 624 g/mol. The van der Waals surface area contributed by atoms with Crippen molar-refractivity contribution in [3.63, 3.8) is 0 Å². The van der Waals surface area contributed by atoms with Gasteiger partial charge in [0.15, 0.2) is 11.6 Å². The lowest BCUT2D eigenvalue weighted by Gasteiger charge is -2.39. The predicted octanol–water partition coefficient (Wildman–Crippen LogP) is 4.48. The van der Waals surface area contributed by atoms with Gasteiger partial charge in [0.1, 0.15) is 21.8 Å². The van der Waals surface area contributed by atoms with Crippen LogP contribution in [0.3, 0.4) is 0 Å². The van der Waals surface area contributed by atoms with Crippen molar-refractivity contribution in [1.82, 2.24) is 5.48 Å². The Bertz CT molecular complexity index is 1850. The number of hydroxylamine groups is 1. The molecule has 5 rings (SSSR count). The molecule has 0 radical (unpaired) electrons. The second-order valence-electron chi connectivity index (χ2n) is 10.9. The molecule has 1 atom stereocenters. The van der Waals surface area contributed by atoms with Gasteiger partial charge in [0.05, 0.1) is 18.6 Å². The van der Waals surface area contributed by atoms with Crippen LogP contribution < -0.4 is 15.5 Å². The van der Waals surface area contributed by atoms with E-state index < -0.39 is 37.1 Å². The van der Waals surface area contributed by atoms with Crippen molar-refractivity contribution in [3.8, 4) is 0 Å². The highest BCUT2D eigenvalue weighted by Gasteiger charge is 2.50. The van der Waals surface area contributed by atoms with Crippen LogP contribution in [-0.4, -0.2) is 39.8 Å². The maximum Gasteiger partial charge on any atom is 0.286 e. The first-order valence-electron chi connectivity index (χ1n) is 13.6. The van der Waals surface area contributed by atoms with E-state index in [1.54, 1.807) is 24.3 Å². The molecule has 0 spiro atoms. The van der Waals surface area contributed by atoms with Crippen molar-refractivity contribution in [2.45, 2.75) is 43.7 Å². The summed E-state index contributed by atoms with van der Waals surface area (Å²) in [5.41, 5.74) is 3.01. The maximum absolute atomic E-state index is 14.6. The normalized spacial score (nSPS) is 19.3. The number of amidine groups is 1. The molecule has 0 saturated heterocycles. The van der Waals surface area contributed by atoms with Crippen molar-refractivity contribution < 1.29 is 31.6 Å². The average Bonchev–Trinajstić information content (AvgIpc) is 2.94. The molecule has 13 heteroatoms. The molecule has 3 aromatic rings. The number of fused-ring (bicyclic) bond motifs is 2. The van der Waals surface area contributed by atoms with E-state index in [1.807, 2.05) is 44.2 Å². The fourth-order valence-corrected chi connectivity index (χ4v) is 6.83. The smallest absolute Gasteiger partial charge is 0.286 e. The summed E-state index contributed by atoms with van der Waals surface area (Å²) in [6, 6.07) is 20.1. The van der Waals surface area contributed by atoms with E-state index in [1.165, 1.54) is 12.1 Å². The lowest BCUT2D eigenvalue weighted by Crippen LogP contribution is -2.53. The van der Waals surface area contributed by atoms with Crippen LogP contribution in [0.5, 0.6) is 0 Å². The van der Waals surface area contributed by atoms with Crippen LogP contribution in [0.2, 0.25) is 0 Å². The Hall–Kier alpha value is -4.04. The highest BCUT2D eigenvalue weighted by molar-refractivity contribution is 7.92. The van der Waals surface area contributed by atoms with Crippen LogP contribution >= 0.6 is 0 Å². The second-order valence-corrected chi connectivity index (χ2v) is 14.3. The number of ketones is 1. The minimum absolute atomic E-state index is 0.0301. The average molecular weight is 625 g/mol. The first-order valence-corrected chi connectivity index (χ1v) is 16.9. The zero-order valence-electron chi connectivity index (χ0n) is 23.8. The van der Waals surface area contributed by atoms with E-state index >= 15 is 0 Å². The van der Waals surface area contributed by atoms with Crippen LogP contribution in [0.4, 0.5) is 11.4 Å². The van der Waals surface area contributed by atoms with Crippen LogP contribution in [0.1, 0.15) is 43.4 Å². The van der Waals surface area contributed by atoms with Crippen molar-refractivity contribution in [2.24, 2.45) is 10.3 Å². The van der Waals surface area contributed by atoms with Gasteiger partial charge in [-0.15, -0.1) is 4.40 Å². The molecule has 3 aromatic carbocycles. The number of sulfonamides is 2. The fourth-order valence-electron chi connectivity index (χ4n) is 5.13. The van der Waals surface area contributed by atoms with Gasteiger partial charge in [0.25, 0.3) is 10.0 Å². The third kappa shape index (κ3) is 6.20. The lowest BCUT2D eigenvalue weighted by atomic mass is 9.71. The topological polar surface area (TPSA) is 163 Å². The van der Waals surface area contributed by atoms with Gasteiger partial charge in [0.2, 0.25) is 10.0 Å². The van der Waals surface area contributed by atoms with Gasteiger partial charge in [0, 0.05) is 11.3 Å². The van der Waals surface area contributed by atoms with Gasteiger partial charge in [-0.25, -0.2) is 8.42 Å². The minimum atomic E-state index is -4.42. The Morgan fingerprint density at radius 2 is 1.74 bits per heavy atom. The van der Waals surface area contributed by atoms with Gasteiger partial charge < -0.3 is 10.4 Å². The SMILES string of the molecule is CC(C)CC[C@@]1(NOCc2ccccc2)C(=O)C(C2=NS(=O)(=O)c3cc(NS(C)(=O)=O)ccc3N2)=C(O)c2ccccc21. The number of hydrogen-bond acceptors (Lipinski definition) is 9. The molecule has 0 fully saturated rings. The Labute approximate surface area is 250 Å². The third-order valence-electron chi connectivity index (χ3n) is 7.18. The number of anilines is 2. The van der Waals surface area contributed by atoms with Crippen molar-refractivity contribution in [1.29, 1.82) is 0 Å². The van der Waals surface area contributed by atoms with Gasteiger partial charge in [-0.05, 0) is 48.1 Å². The molecule has 0 amide bonds. The summed E-state index contributed by atoms with van der Waals surface area (Å²) in [4.78, 5) is 20.2. The number of hydrogen-bond donors (Lipinski definition) is 4. The zero-order valence-corrected chi connectivity index (χ0v) is 25.4. The first-order chi connectivity index (χ1) is 20.3. The largest absolute Gasteiger partial charge is 0.506 e. The van der Waals surface area contributed by atoms with Gasteiger partial charge in [-0.1, -0.05) is 68.4 Å². The maximum atomic E-state index is 14.6. The fraction of sp³-hybridized carbons (Fsp3) is 0.267. The van der Waals surface area contributed by atoms with E-state index in [2.05, 4.69) is 19.9 Å². The number of rotatable bonds is 10. The molecule has 0 saturated carbocycles. The number of carbonyl (C=O) groups excluding carboxylic acids is 1. The standard InChI is InChI=1S/C30H32N4O7S2/c1-19(2)15-16-30(34-41-18-20-9-5-4-6-10-20)23-12-8-7-11-22(23)27(35)26(28(30)36)29-31-24-14-13-21(32-42(3,37)38)17-25(24)43(39,40)33-29/h4-14,17,19,32,34-35H,15-16,18H2,1-3H3,(H,31,33)/t30-/m0/s1. The molecule has 1 aliphatic carbocycles. The molecule has 1 heterocycles. The molecule has 43 heavy (non-hydrogen) atoms. The highest BCUT2D eigenvalue weighted by Crippen LogP contribution is 2.43. The number of aliphatic hydroxyl groups is 1. The predicted molar refractivity (Wildman–Crippen MR) is 164 cm³/mol. The Balaban J connectivity index is 1.59. The van der Waals surface area contributed by atoms with Gasteiger partial charge in [-0.3, -0.25) is 14.4 Å². The summed E-state index contributed by atoms with van der Waals surface area (Å²) in [6.45, 7) is 4.19. The van der Waals surface area contributed by atoms with Crippen LogP contribution in [0, 0.1) is 5.92 Å². The number of aliphatic hydroxyl groups excluding tert-OH is 1. The molecular weight excluding hydrogens is 592 g/mol. The number of Topliss-reactive ketones (excluding diaryl/α,β-unsaturated/α-hetero) is 1. The summed E-state index contributed by atoms with van der Waals surface area (Å²) < 4.78 is 56.2. The summed E-state index contributed by atoms with van der Waals surface area (Å²) in [6.07, 6.45) is 1.83. The number of nitrogens with one attached hydrogen (secondary N) is 3. The van der Waals surface area contributed by atoms with Crippen LogP contribution in [0.25, 0.3) is 5.76 Å². The van der Waals surface area contributed by atoms with E-state index in [9.17, 15) is 26.7 Å². The van der Waals surface area contributed by atoms with Crippen LogP contribution in [-0.2, 0) is 41.8 Å².